The monoisotopic (exact) mass is 422 g/mol. The summed E-state index contributed by atoms with van der Waals surface area (Å²) >= 11 is 0. The number of hydrogen-bond donors (Lipinski definition) is 1. The van der Waals surface area contributed by atoms with Crippen molar-refractivity contribution >= 4 is 23.5 Å². The van der Waals surface area contributed by atoms with Crippen LogP contribution >= 0.6 is 0 Å². The highest BCUT2D eigenvalue weighted by molar-refractivity contribution is 6.04. The molecule has 0 bridgehead atoms. The summed E-state index contributed by atoms with van der Waals surface area (Å²) in [6, 6.07) is 14.1. The number of rotatable bonds is 5. The highest BCUT2D eigenvalue weighted by Crippen LogP contribution is 2.36. The van der Waals surface area contributed by atoms with E-state index in [2.05, 4.69) is 5.32 Å². The Morgan fingerprint density at radius 2 is 1.84 bits per heavy atom. The number of nitrogens with one attached hydrogen (secondary N) is 1. The number of alkyl carbamates (subject to hydrolysis) is 1. The van der Waals surface area contributed by atoms with E-state index in [0.717, 1.165) is 11.1 Å². The van der Waals surface area contributed by atoms with Gasteiger partial charge in [0.05, 0.1) is 6.04 Å². The second-order valence-corrected chi connectivity index (χ2v) is 8.82. The SMILES string of the molecule is CCC(=O)c1ccc2c(c1)N([C@@H](C)c1ccccc1)C(=O)[C@H](NC(=O)OC(C)(C)C)C2. The van der Waals surface area contributed by atoms with Gasteiger partial charge in [-0.1, -0.05) is 49.4 Å². The Morgan fingerprint density at radius 1 is 1.16 bits per heavy atom. The van der Waals surface area contributed by atoms with Crippen molar-refractivity contribution < 1.29 is 19.1 Å². The van der Waals surface area contributed by atoms with Crippen LogP contribution in [-0.4, -0.2) is 29.4 Å². The van der Waals surface area contributed by atoms with Crippen LogP contribution in [0.4, 0.5) is 10.5 Å². The summed E-state index contributed by atoms with van der Waals surface area (Å²) in [6.45, 7) is 9.10. The normalized spacial score (nSPS) is 17.0. The molecule has 6 heteroatoms. The van der Waals surface area contributed by atoms with E-state index in [4.69, 9.17) is 4.74 Å². The van der Waals surface area contributed by atoms with Gasteiger partial charge < -0.3 is 15.0 Å². The van der Waals surface area contributed by atoms with Crippen LogP contribution in [0.15, 0.2) is 48.5 Å². The molecule has 1 N–H and O–H groups in total. The van der Waals surface area contributed by atoms with Gasteiger partial charge in [0.2, 0.25) is 0 Å². The van der Waals surface area contributed by atoms with E-state index in [0.29, 0.717) is 24.1 Å². The molecule has 0 radical (unpaired) electrons. The maximum Gasteiger partial charge on any atom is 0.408 e. The van der Waals surface area contributed by atoms with Gasteiger partial charge in [-0.3, -0.25) is 9.59 Å². The lowest BCUT2D eigenvalue weighted by atomic mass is 9.92. The number of benzene rings is 2. The van der Waals surface area contributed by atoms with E-state index in [1.165, 1.54) is 0 Å². The van der Waals surface area contributed by atoms with Crippen LogP contribution in [0.25, 0.3) is 0 Å². The highest BCUT2D eigenvalue weighted by atomic mass is 16.6. The molecule has 0 aromatic heterocycles. The fourth-order valence-corrected chi connectivity index (χ4v) is 3.77. The molecule has 0 aliphatic carbocycles. The first kappa shape index (κ1) is 22.5. The van der Waals surface area contributed by atoms with Crippen LogP contribution in [0, 0.1) is 0 Å². The molecule has 31 heavy (non-hydrogen) atoms. The van der Waals surface area contributed by atoms with Crippen molar-refractivity contribution in [3.63, 3.8) is 0 Å². The number of hydrogen-bond acceptors (Lipinski definition) is 4. The topological polar surface area (TPSA) is 75.7 Å². The summed E-state index contributed by atoms with van der Waals surface area (Å²) in [5.41, 5.74) is 2.50. The van der Waals surface area contributed by atoms with Gasteiger partial charge in [-0.05, 0) is 44.9 Å². The smallest absolute Gasteiger partial charge is 0.408 e. The van der Waals surface area contributed by atoms with Gasteiger partial charge in [-0.25, -0.2) is 4.79 Å². The standard InChI is InChI=1S/C25H30N2O4/c1-6-22(28)19-13-12-18-14-20(26-24(30)31-25(3,4)5)23(29)27(21(18)15-19)16(2)17-10-8-7-9-11-17/h7-13,15-16,20H,6,14H2,1-5H3,(H,26,30)/t16-,20+/m0/s1. The number of amides is 2. The number of ether oxygens (including phenoxy) is 1. The number of Topliss-reactive ketones (excluding diaryl/α,β-unsaturated/α-hetero) is 1. The second-order valence-electron chi connectivity index (χ2n) is 8.82. The third-order valence-corrected chi connectivity index (χ3v) is 5.31. The molecule has 164 valence electrons. The third-order valence-electron chi connectivity index (χ3n) is 5.31. The lowest BCUT2D eigenvalue weighted by molar-refractivity contribution is -0.121. The van der Waals surface area contributed by atoms with E-state index in [9.17, 15) is 14.4 Å². The Morgan fingerprint density at radius 3 is 2.45 bits per heavy atom. The zero-order valence-electron chi connectivity index (χ0n) is 18.8. The van der Waals surface area contributed by atoms with Gasteiger partial charge in [0.15, 0.2) is 5.78 Å². The van der Waals surface area contributed by atoms with Crippen LogP contribution in [-0.2, 0) is 16.0 Å². The highest BCUT2D eigenvalue weighted by Gasteiger charge is 2.37. The average Bonchev–Trinajstić information content (AvgIpc) is 2.72. The van der Waals surface area contributed by atoms with Crippen LogP contribution in [0.2, 0.25) is 0 Å². The van der Waals surface area contributed by atoms with Gasteiger partial charge in [0, 0.05) is 24.1 Å². The first-order valence-electron chi connectivity index (χ1n) is 10.6. The second kappa shape index (κ2) is 8.92. The maximum atomic E-state index is 13.5. The number of carbonyl (C=O) groups is 3. The minimum atomic E-state index is -0.749. The van der Waals surface area contributed by atoms with Crippen LogP contribution in [0.5, 0.6) is 0 Å². The largest absolute Gasteiger partial charge is 0.444 e. The molecule has 0 fully saturated rings. The van der Waals surface area contributed by atoms with Gasteiger partial charge in [0.1, 0.15) is 11.6 Å². The summed E-state index contributed by atoms with van der Waals surface area (Å²) in [5, 5.41) is 2.73. The molecule has 0 saturated heterocycles. The molecule has 1 heterocycles. The molecule has 0 unspecified atom stereocenters. The minimum Gasteiger partial charge on any atom is -0.444 e. The average molecular weight is 423 g/mol. The van der Waals surface area contributed by atoms with Crippen molar-refractivity contribution in [3.05, 3.63) is 65.2 Å². The quantitative estimate of drug-likeness (QED) is 0.701. The van der Waals surface area contributed by atoms with Crippen LogP contribution in [0.1, 0.15) is 68.6 Å². The molecule has 0 spiro atoms. The molecule has 6 nitrogen and oxygen atoms in total. The summed E-state index contributed by atoms with van der Waals surface area (Å²) in [5.74, 6) is -0.202. The predicted octanol–water partition coefficient (Wildman–Crippen LogP) is 4.82. The van der Waals surface area contributed by atoms with E-state index >= 15 is 0 Å². The Bertz CT molecular complexity index is 979. The molecular weight excluding hydrogens is 392 g/mol. The summed E-state index contributed by atoms with van der Waals surface area (Å²) in [4.78, 5) is 39.9. The lowest BCUT2D eigenvalue weighted by Gasteiger charge is -2.38. The fraction of sp³-hybridized carbons (Fsp3) is 0.400. The molecule has 1 aliphatic rings. The number of carbonyl (C=O) groups excluding carboxylic acids is 3. The minimum absolute atomic E-state index is 0.0246. The number of fused-ring (bicyclic) bond motifs is 1. The van der Waals surface area contributed by atoms with Gasteiger partial charge in [-0.15, -0.1) is 0 Å². The molecule has 2 aromatic carbocycles. The van der Waals surface area contributed by atoms with Gasteiger partial charge in [0.25, 0.3) is 5.91 Å². The first-order valence-corrected chi connectivity index (χ1v) is 10.6. The first-order chi connectivity index (χ1) is 14.6. The number of anilines is 1. The molecule has 2 atom stereocenters. The Labute approximate surface area is 183 Å². The Hall–Kier alpha value is -3.15. The molecule has 2 amide bonds. The van der Waals surface area contributed by atoms with Crippen LogP contribution < -0.4 is 10.2 Å². The lowest BCUT2D eigenvalue weighted by Crippen LogP contribution is -2.54. The summed E-state index contributed by atoms with van der Waals surface area (Å²) in [7, 11) is 0. The zero-order valence-corrected chi connectivity index (χ0v) is 18.8. The molecular formula is C25H30N2O4. The molecule has 0 saturated carbocycles. The molecule has 3 rings (SSSR count). The van der Waals surface area contributed by atoms with E-state index < -0.39 is 17.7 Å². The molecule has 1 aliphatic heterocycles. The summed E-state index contributed by atoms with van der Waals surface area (Å²) in [6.07, 6.45) is 0.106. The van der Waals surface area contributed by atoms with Crippen molar-refractivity contribution in [2.75, 3.05) is 4.90 Å². The fourth-order valence-electron chi connectivity index (χ4n) is 3.77. The van der Waals surface area contributed by atoms with Gasteiger partial charge in [-0.2, -0.15) is 0 Å². The van der Waals surface area contributed by atoms with Crippen molar-refractivity contribution in [3.8, 4) is 0 Å². The van der Waals surface area contributed by atoms with E-state index in [-0.39, 0.29) is 17.7 Å². The van der Waals surface area contributed by atoms with Crippen molar-refractivity contribution in [2.24, 2.45) is 0 Å². The number of nitrogens with zero attached hydrogens (tertiary/aromatic N) is 1. The van der Waals surface area contributed by atoms with E-state index in [1.807, 2.05) is 50.2 Å². The molecule has 2 aromatic rings. The number of ketones is 1. The van der Waals surface area contributed by atoms with Gasteiger partial charge >= 0.3 is 6.09 Å². The van der Waals surface area contributed by atoms with E-state index in [1.54, 1.807) is 37.8 Å². The van der Waals surface area contributed by atoms with Crippen molar-refractivity contribution in [1.29, 1.82) is 0 Å². The predicted molar refractivity (Wildman–Crippen MR) is 120 cm³/mol. The Balaban J connectivity index is 2.00. The Kier molecular flexibility index (Phi) is 6.48. The van der Waals surface area contributed by atoms with Crippen molar-refractivity contribution in [1.82, 2.24) is 5.32 Å². The summed E-state index contributed by atoms with van der Waals surface area (Å²) < 4.78 is 5.36. The maximum absolute atomic E-state index is 13.5. The zero-order chi connectivity index (χ0) is 22.8. The van der Waals surface area contributed by atoms with Crippen molar-refractivity contribution in [2.45, 2.75) is 65.1 Å². The third kappa shape index (κ3) is 5.13. The van der Waals surface area contributed by atoms with Crippen LogP contribution in [0.3, 0.4) is 0 Å².